The Labute approximate surface area is 282 Å². The van der Waals surface area contributed by atoms with E-state index in [0.29, 0.717) is 0 Å². The van der Waals surface area contributed by atoms with Crippen molar-refractivity contribution in [3.63, 3.8) is 0 Å². The summed E-state index contributed by atoms with van der Waals surface area (Å²) in [5.41, 5.74) is 11.2. The van der Waals surface area contributed by atoms with Crippen LogP contribution in [-0.4, -0.2) is 34.5 Å². The van der Waals surface area contributed by atoms with Crippen molar-refractivity contribution in [1.29, 1.82) is 0 Å². The molecule has 0 radical (unpaired) electrons. The number of aliphatic imine (C=N–C) groups is 2. The molecule has 0 aliphatic carbocycles. The van der Waals surface area contributed by atoms with Crippen LogP contribution in [-0.2, 0) is 0 Å². The fourth-order valence-electron chi connectivity index (χ4n) is 4.46. The van der Waals surface area contributed by atoms with E-state index in [0.717, 1.165) is 33.7 Å². The van der Waals surface area contributed by atoms with Crippen LogP contribution in [0.2, 0.25) is 0 Å². The minimum atomic E-state index is 0. The summed E-state index contributed by atoms with van der Waals surface area (Å²) in [6, 6.07) is 37.7. The van der Waals surface area contributed by atoms with Gasteiger partial charge in [-0.1, -0.05) is 133 Å². The monoisotopic (exact) mass is 594 g/mol. The second-order valence-electron chi connectivity index (χ2n) is 10.1. The molecule has 2 aliphatic rings. The molecule has 0 unspecified atom stereocenters. The first-order chi connectivity index (χ1) is 21.7. The van der Waals surface area contributed by atoms with Gasteiger partial charge in [0.25, 0.3) is 0 Å². The molecule has 0 saturated carbocycles. The Bertz CT molecular complexity index is 1610. The van der Waals surface area contributed by atoms with Gasteiger partial charge in [0.15, 0.2) is 0 Å². The van der Waals surface area contributed by atoms with Gasteiger partial charge >= 0.3 is 23.1 Å². The summed E-state index contributed by atoms with van der Waals surface area (Å²) in [6.45, 7) is 4.05. The molecule has 216 valence electrons. The average molecular weight is 595 g/mol. The van der Waals surface area contributed by atoms with E-state index in [2.05, 4.69) is 118 Å². The Morgan fingerprint density at radius 3 is 1.09 bits per heavy atom. The molecule has 0 bridgehead atoms. The minimum Gasteiger partial charge on any atom is -0.670 e. The van der Waals surface area contributed by atoms with E-state index in [9.17, 15) is 0 Å². The summed E-state index contributed by atoms with van der Waals surface area (Å²) in [7, 11) is 0. The van der Waals surface area contributed by atoms with Crippen LogP contribution in [0, 0.1) is 0 Å². The van der Waals surface area contributed by atoms with Crippen LogP contribution in [0.5, 0.6) is 0 Å². The SMILES string of the molecule is CC(=NC=C1C=C[N-]C=C1)c1ccc(-c2ccccc2)cc1.CC(=NC=C1C=C[N-]C=C1)c1ccc(-c2ccccc2)cc1.[Mg+2]. The van der Waals surface area contributed by atoms with Crippen LogP contribution in [0.1, 0.15) is 25.0 Å². The van der Waals surface area contributed by atoms with Crippen LogP contribution in [0.4, 0.5) is 0 Å². The quantitative estimate of drug-likeness (QED) is 0.157. The van der Waals surface area contributed by atoms with Crippen LogP contribution >= 0.6 is 0 Å². The number of hydrogen-bond donors (Lipinski definition) is 0. The van der Waals surface area contributed by atoms with Gasteiger partial charge < -0.3 is 10.6 Å². The summed E-state index contributed by atoms with van der Waals surface area (Å²) in [5, 5.41) is 8.00. The Morgan fingerprint density at radius 2 is 0.756 bits per heavy atom. The van der Waals surface area contributed by atoms with Crippen LogP contribution in [0.25, 0.3) is 32.9 Å². The van der Waals surface area contributed by atoms with Gasteiger partial charge in [-0.15, -0.1) is 0 Å². The molecule has 2 heterocycles. The maximum Gasteiger partial charge on any atom is 2.00 e. The molecular formula is C40H34MgN4. The molecule has 0 aromatic heterocycles. The second kappa shape index (κ2) is 17.4. The van der Waals surface area contributed by atoms with Gasteiger partial charge in [-0.05, 0) is 58.4 Å². The van der Waals surface area contributed by atoms with Crippen molar-refractivity contribution in [2.24, 2.45) is 9.98 Å². The zero-order valence-electron chi connectivity index (χ0n) is 25.7. The van der Waals surface area contributed by atoms with Gasteiger partial charge in [0, 0.05) is 23.8 Å². The van der Waals surface area contributed by atoms with Crippen LogP contribution < -0.4 is 0 Å². The van der Waals surface area contributed by atoms with Gasteiger partial charge in [-0.25, -0.2) is 0 Å². The molecule has 6 rings (SSSR count). The number of benzene rings is 4. The second-order valence-corrected chi connectivity index (χ2v) is 10.1. The topological polar surface area (TPSA) is 52.9 Å². The fraction of sp³-hybridized carbons (Fsp3) is 0.0500. The molecule has 0 saturated heterocycles. The molecule has 0 fully saturated rings. The van der Waals surface area contributed by atoms with E-state index in [1.807, 2.05) is 62.7 Å². The standard InChI is InChI=1S/2C20H17N2.Mg/c2*1-16(22-15-17-11-13-21-14-12-17)18-7-9-20(10-8-18)19-5-3-2-4-6-19;/h2*2-15H,1H3;/q2*-1;+2. The summed E-state index contributed by atoms with van der Waals surface area (Å²) in [5.74, 6) is 0. The van der Waals surface area contributed by atoms with Gasteiger partial charge in [0.1, 0.15) is 0 Å². The normalized spacial score (nSPS) is 13.6. The molecule has 2 aliphatic heterocycles. The molecule has 0 N–H and O–H groups in total. The van der Waals surface area contributed by atoms with Crippen molar-refractivity contribution in [3.8, 4) is 22.3 Å². The van der Waals surface area contributed by atoms with E-state index >= 15 is 0 Å². The Morgan fingerprint density at radius 1 is 0.444 bits per heavy atom. The molecule has 0 amide bonds. The van der Waals surface area contributed by atoms with Crippen molar-refractivity contribution < 1.29 is 0 Å². The molecule has 5 heteroatoms. The van der Waals surface area contributed by atoms with E-state index in [1.54, 1.807) is 24.8 Å². The summed E-state index contributed by atoms with van der Waals surface area (Å²) < 4.78 is 0. The van der Waals surface area contributed by atoms with Crippen LogP contribution in [0.15, 0.2) is 192 Å². The predicted octanol–water partition coefficient (Wildman–Crippen LogP) is 10.5. The van der Waals surface area contributed by atoms with Crippen molar-refractivity contribution >= 4 is 34.5 Å². The fourth-order valence-corrected chi connectivity index (χ4v) is 4.46. The van der Waals surface area contributed by atoms with Gasteiger partial charge in [-0.3, -0.25) is 9.98 Å². The number of hydrogen-bond acceptors (Lipinski definition) is 2. The van der Waals surface area contributed by atoms with E-state index in [4.69, 9.17) is 0 Å². The zero-order chi connectivity index (χ0) is 30.4. The minimum absolute atomic E-state index is 0. The van der Waals surface area contributed by atoms with Crippen molar-refractivity contribution in [2.45, 2.75) is 13.8 Å². The Hall–Kier alpha value is -4.97. The third-order valence-corrected chi connectivity index (χ3v) is 7.05. The first-order valence-corrected chi connectivity index (χ1v) is 14.5. The Kier molecular flexibility index (Phi) is 12.7. The van der Waals surface area contributed by atoms with Crippen LogP contribution in [0.3, 0.4) is 0 Å². The van der Waals surface area contributed by atoms with Gasteiger partial charge in [-0.2, -0.15) is 24.8 Å². The molecule has 4 nitrogen and oxygen atoms in total. The summed E-state index contributed by atoms with van der Waals surface area (Å²) >= 11 is 0. The molecule has 0 atom stereocenters. The molecule has 0 spiro atoms. The molecule has 45 heavy (non-hydrogen) atoms. The largest absolute Gasteiger partial charge is 2.00 e. The number of nitrogens with zero attached hydrogens (tertiary/aromatic N) is 4. The molecule has 4 aromatic carbocycles. The van der Waals surface area contributed by atoms with Gasteiger partial charge in [0.2, 0.25) is 0 Å². The smallest absolute Gasteiger partial charge is 0.670 e. The van der Waals surface area contributed by atoms with Gasteiger partial charge in [0.05, 0.1) is 0 Å². The molecular weight excluding hydrogens is 561 g/mol. The van der Waals surface area contributed by atoms with E-state index < -0.39 is 0 Å². The summed E-state index contributed by atoms with van der Waals surface area (Å²) in [6.07, 6.45) is 18.6. The predicted molar refractivity (Wildman–Crippen MR) is 193 cm³/mol. The average Bonchev–Trinajstić information content (AvgIpc) is 3.11. The maximum absolute atomic E-state index is 4.53. The third kappa shape index (κ3) is 10.0. The first-order valence-electron chi connectivity index (χ1n) is 14.5. The Balaban J connectivity index is 0.000000200. The zero-order valence-corrected chi connectivity index (χ0v) is 27.1. The first kappa shape index (κ1) is 32.9. The summed E-state index contributed by atoms with van der Waals surface area (Å²) in [4.78, 5) is 9.06. The van der Waals surface area contributed by atoms with E-state index in [1.165, 1.54) is 22.3 Å². The maximum atomic E-state index is 4.53. The molecule has 4 aromatic rings. The van der Waals surface area contributed by atoms with E-state index in [-0.39, 0.29) is 23.1 Å². The number of rotatable bonds is 6. The van der Waals surface area contributed by atoms with Crippen molar-refractivity contribution in [3.05, 3.63) is 204 Å². The van der Waals surface area contributed by atoms with Crippen molar-refractivity contribution in [1.82, 2.24) is 0 Å². The number of allylic oxidation sites excluding steroid dienone is 6. The third-order valence-electron chi connectivity index (χ3n) is 7.05. The van der Waals surface area contributed by atoms with Crippen molar-refractivity contribution in [2.75, 3.05) is 0 Å².